The zero-order valence-corrected chi connectivity index (χ0v) is 16.5. The molecule has 1 N–H and O–H groups in total. The van der Waals surface area contributed by atoms with Gasteiger partial charge in [-0.3, -0.25) is 24.1 Å². The quantitative estimate of drug-likeness (QED) is 0.601. The molecule has 0 bridgehead atoms. The van der Waals surface area contributed by atoms with Crippen LogP contribution in [0.4, 0.5) is 11.4 Å². The van der Waals surface area contributed by atoms with E-state index in [1.807, 2.05) is 32.0 Å². The molecular formula is C22H22N2O5. The Morgan fingerprint density at radius 3 is 2.38 bits per heavy atom. The molecule has 29 heavy (non-hydrogen) atoms. The maximum absolute atomic E-state index is 12.5. The van der Waals surface area contributed by atoms with Gasteiger partial charge in [0.15, 0.2) is 6.10 Å². The van der Waals surface area contributed by atoms with Crippen molar-refractivity contribution in [3.05, 3.63) is 59.7 Å². The summed E-state index contributed by atoms with van der Waals surface area (Å²) in [5, 5.41) is 2.77. The molecular weight excluding hydrogens is 372 g/mol. The number of amides is 2. The SMILES string of the molecule is CC(C)c1ccccc1NC(=O)[C@@H](C)OC(=O)CN1C(=O)C(=O)c2ccccc21. The van der Waals surface area contributed by atoms with Crippen LogP contribution in [-0.4, -0.2) is 36.2 Å². The molecule has 7 heteroatoms. The standard InChI is InChI=1S/C22H22N2O5/c1-13(2)15-8-4-6-10-17(15)23-21(27)14(3)29-19(25)12-24-18-11-7-5-9-16(18)20(26)22(24)28/h4-11,13-14H,12H2,1-3H3,(H,23,27)/t14-/m1/s1. The van der Waals surface area contributed by atoms with Gasteiger partial charge < -0.3 is 10.1 Å². The number of para-hydroxylation sites is 2. The van der Waals surface area contributed by atoms with E-state index in [4.69, 9.17) is 4.74 Å². The Morgan fingerprint density at radius 1 is 1.00 bits per heavy atom. The molecule has 2 amide bonds. The minimum absolute atomic E-state index is 0.211. The van der Waals surface area contributed by atoms with Gasteiger partial charge in [-0.2, -0.15) is 0 Å². The van der Waals surface area contributed by atoms with E-state index >= 15 is 0 Å². The largest absolute Gasteiger partial charge is 0.451 e. The summed E-state index contributed by atoms with van der Waals surface area (Å²) in [5.74, 6) is -2.49. The second kappa shape index (κ2) is 8.26. The first-order valence-corrected chi connectivity index (χ1v) is 9.34. The number of fused-ring (bicyclic) bond motifs is 1. The summed E-state index contributed by atoms with van der Waals surface area (Å²) in [5.41, 5.74) is 2.24. The van der Waals surface area contributed by atoms with E-state index in [0.29, 0.717) is 11.4 Å². The molecule has 0 spiro atoms. The van der Waals surface area contributed by atoms with E-state index in [1.54, 1.807) is 24.3 Å². The number of nitrogens with one attached hydrogen (secondary N) is 1. The Kier molecular flexibility index (Phi) is 5.77. The number of rotatable bonds is 6. The Hall–Kier alpha value is -3.48. The van der Waals surface area contributed by atoms with Crippen molar-refractivity contribution in [1.29, 1.82) is 0 Å². The van der Waals surface area contributed by atoms with Gasteiger partial charge in [-0.25, -0.2) is 0 Å². The summed E-state index contributed by atoms with van der Waals surface area (Å²) in [6, 6.07) is 13.8. The van der Waals surface area contributed by atoms with Gasteiger partial charge in [-0.15, -0.1) is 0 Å². The zero-order chi connectivity index (χ0) is 21.1. The molecule has 0 unspecified atom stereocenters. The molecule has 1 heterocycles. The van der Waals surface area contributed by atoms with Crippen LogP contribution >= 0.6 is 0 Å². The Bertz CT molecular complexity index is 983. The predicted molar refractivity (Wildman–Crippen MR) is 108 cm³/mol. The second-order valence-electron chi connectivity index (χ2n) is 7.10. The van der Waals surface area contributed by atoms with Crippen molar-refractivity contribution in [1.82, 2.24) is 0 Å². The van der Waals surface area contributed by atoms with Crippen LogP contribution in [0.25, 0.3) is 0 Å². The molecule has 1 atom stereocenters. The molecule has 0 saturated carbocycles. The molecule has 0 saturated heterocycles. The molecule has 0 aliphatic carbocycles. The Morgan fingerprint density at radius 2 is 1.66 bits per heavy atom. The van der Waals surface area contributed by atoms with Gasteiger partial charge in [-0.05, 0) is 36.6 Å². The molecule has 7 nitrogen and oxygen atoms in total. The monoisotopic (exact) mass is 394 g/mol. The van der Waals surface area contributed by atoms with E-state index in [0.717, 1.165) is 10.5 Å². The van der Waals surface area contributed by atoms with E-state index in [2.05, 4.69) is 5.32 Å². The van der Waals surface area contributed by atoms with Crippen molar-refractivity contribution < 1.29 is 23.9 Å². The van der Waals surface area contributed by atoms with E-state index < -0.39 is 36.2 Å². The lowest BCUT2D eigenvalue weighted by atomic mass is 10.0. The molecule has 0 fully saturated rings. The van der Waals surface area contributed by atoms with Crippen molar-refractivity contribution in [2.24, 2.45) is 0 Å². The van der Waals surface area contributed by atoms with E-state index in [1.165, 1.54) is 13.0 Å². The minimum Gasteiger partial charge on any atom is -0.451 e. The van der Waals surface area contributed by atoms with Crippen LogP contribution in [-0.2, 0) is 19.1 Å². The van der Waals surface area contributed by atoms with Crippen molar-refractivity contribution in [2.75, 3.05) is 16.8 Å². The van der Waals surface area contributed by atoms with Crippen LogP contribution in [0.3, 0.4) is 0 Å². The van der Waals surface area contributed by atoms with Gasteiger partial charge in [0.2, 0.25) is 0 Å². The van der Waals surface area contributed by atoms with Crippen molar-refractivity contribution in [3.8, 4) is 0 Å². The molecule has 1 aliphatic heterocycles. The minimum atomic E-state index is -1.06. The average Bonchev–Trinajstić information content (AvgIpc) is 2.93. The van der Waals surface area contributed by atoms with Crippen LogP contribution in [0.15, 0.2) is 48.5 Å². The molecule has 150 valence electrons. The first-order valence-electron chi connectivity index (χ1n) is 9.34. The fourth-order valence-electron chi connectivity index (χ4n) is 3.17. The van der Waals surface area contributed by atoms with Gasteiger partial charge in [0.05, 0.1) is 11.3 Å². The fourth-order valence-corrected chi connectivity index (χ4v) is 3.17. The predicted octanol–water partition coefficient (Wildman–Crippen LogP) is 2.91. The third kappa shape index (κ3) is 4.18. The van der Waals surface area contributed by atoms with E-state index in [9.17, 15) is 19.2 Å². The van der Waals surface area contributed by atoms with Crippen molar-refractivity contribution >= 4 is 34.9 Å². The number of hydrogen-bond donors (Lipinski definition) is 1. The zero-order valence-electron chi connectivity index (χ0n) is 16.5. The Labute approximate surface area is 168 Å². The summed E-state index contributed by atoms with van der Waals surface area (Å²) in [6.45, 7) is 5.04. The van der Waals surface area contributed by atoms with E-state index in [-0.39, 0.29) is 11.5 Å². The average molecular weight is 394 g/mol. The van der Waals surface area contributed by atoms with Gasteiger partial charge in [0, 0.05) is 5.69 Å². The van der Waals surface area contributed by atoms with Gasteiger partial charge in [0.1, 0.15) is 6.54 Å². The maximum Gasteiger partial charge on any atom is 0.326 e. The third-order valence-corrected chi connectivity index (χ3v) is 4.68. The molecule has 0 aromatic heterocycles. The summed E-state index contributed by atoms with van der Waals surface area (Å²) in [7, 11) is 0. The first-order chi connectivity index (χ1) is 13.8. The first kappa shape index (κ1) is 20.3. The molecule has 1 aliphatic rings. The Balaban J connectivity index is 1.63. The number of carbonyl (C=O) groups is 4. The molecule has 0 radical (unpaired) electrons. The lowest BCUT2D eigenvalue weighted by Crippen LogP contribution is -2.38. The number of hydrogen-bond acceptors (Lipinski definition) is 5. The maximum atomic E-state index is 12.5. The van der Waals surface area contributed by atoms with Crippen LogP contribution in [0.5, 0.6) is 0 Å². The summed E-state index contributed by atoms with van der Waals surface area (Å²) in [6.07, 6.45) is -1.06. The topological polar surface area (TPSA) is 92.8 Å². The number of ketones is 1. The number of esters is 1. The number of ether oxygens (including phenoxy) is 1. The van der Waals surface area contributed by atoms with Crippen molar-refractivity contribution in [3.63, 3.8) is 0 Å². The van der Waals surface area contributed by atoms with Crippen LogP contribution < -0.4 is 10.2 Å². The summed E-state index contributed by atoms with van der Waals surface area (Å²) >= 11 is 0. The highest BCUT2D eigenvalue weighted by Gasteiger charge is 2.37. The number of Topliss-reactive ketones (excluding diaryl/α,β-unsaturated/α-hetero) is 1. The fraction of sp³-hybridized carbons (Fsp3) is 0.273. The lowest BCUT2D eigenvalue weighted by molar-refractivity contribution is -0.152. The van der Waals surface area contributed by atoms with Crippen molar-refractivity contribution in [2.45, 2.75) is 32.8 Å². The third-order valence-electron chi connectivity index (χ3n) is 4.68. The van der Waals surface area contributed by atoms with Crippen LogP contribution in [0.2, 0.25) is 0 Å². The summed E-state index contributed by atoms with van der Waals surface area (Å²) in [4.78, 5) is 50.0. The highest BCUT2D eigenvalue weighted by atomic mass is 16.5. The van der Waals surface area contributed by atoms with Crippen LogP contribution in [0.1, 0.15) is 42.6 Å². The number of carbonyl (C=O) groups excluding carboxylic acids is 4. The van der Waals surface area contributed by atoms with Gasteiger partial charge in [0.25, 0.3) is 17.6 Å². The smallest absolute Gasteiger partial charge is 0.326 e. The molecule has 2 aromatic carbocycles. The van der Waals surface area contributed by atoms with Gasteiger partial charge >= 0.3 is 5.97 Å². The highest BCUT2D eigenvalue weighted by molar-refractivity contribution is 6.52. The van der Waals surface area contributed by atoms with Crippen LogP contribution in [0, 0.1) is 0 Å². The molecule has 3 rings (SSSR count). The highest BCUT2D eigenvalue weighted by Crippen LogP contribution is 2.28. The number of nitrogens with zero attached hydrogens (tertiary/aromatic N) is 1. The lowest BCUT2D eigenvalue weighted by Gasteiger charge is -2.19. The van der Waals surface area contributed by atoms with Gasteiger partial charge in [-0.1, -0.05) is 44.2 Å². The number of anilines is 2. The summed E-state index contributed by atoms with van der Waals surface area (Å²) < 4.78 is 5.19. The number of benzene rings is 2. The second-order valence-corrected chi connectivity index (χ2v) is 7.10. The molecule has 2 aromatic rings. The normalized spacial score (nSPS) is 14.0.